The molecule has 0 saturated carbocycles. The summed E-state index contributed by atoms with van der Waals surface area (Å²) in [7, 11) is 1.90. The van der Waals surface area contributed by atoms with Gasteiger partial charge in [0.2, 0.25) is 0 Å². The number of rotatable bonds is 4. The van der Waals surface area contributed by atoms with E-state index in [0.29, 0.717) is 0 Å². The van der Waals surface area contributed by atoms with Crippen molar-refractivity contribution < 1.29 is 10.2 Å². The quantitative estimate of drug-likeness (QED) is 0.795. The molecule has 0 radical (unpaired) electrons. The molecule has 0 aliphatic rings. The summed E-state index contributed by atoms with van der Waals surface area (Å²) in [6.45, 7) is 0.780. The molecule has 5 heteroatoms. The Morgan fingerprint density at radius 3 is 2.47 bits per heavy atom. The highest BCUT2D eigenvalue weighted by molar-refractivity contribution is 8.93. The Balaban J connectivity index is 0.00000180. The van der Waals surface area contributed by atoms with Crippen LogP contribution in [0.4, 0.5) is 0 Å². The summed E-state index contributed by atoms with van der Waals surface area (Å²) in [6.07, 6.45) is 0. The number of hydrogen-bond donors (Lipinski definition) is 3. The van der Waals surface area contributed by atoms with E-state index in [1.165, 1.54) is 23.4 Å². The monoisotopic (exact) mass is 341 g/mol. The van der Waals surface area contributed by atoms with Crippen molar-refractivity contribution in [1.29, 1.82) is 0 Å². The Bertz CT molecular complexity index is 549. The molecule has 0 bridgehead atoms. The van der Waals surface area contributed by atoms with Crippen LogP contribution in [0.5, 0.6) is 11.5 Å². The molecule has 0 spiro atoms. The van der Waals surface area contributed by atoms with Crippen LogP contribution in [0.15, 0.2) is 52.3 Å². The molecule has 2 aromatic rings. The van der Waals surface area contributed by atoms with Gasteiger partial charge in [-0.1, -0.05) is 30.0 Å². The third-order valence-corrected chi connectivity index (χ3v) is 3.69. The van der Waals surface area contributed by atoms with E-state index < -0.39 is 0 Å². The summed E-state index contributed by atoms with van der Waals surface area (Å²) in [4.78, 5) is 1.82. The van der Waals surface area contributed by atoms with Gasteiger partial charge >= 0.3 is 0 Å². The van der Waals surface area contributed by atoms with Gasteiger partial charge in [-0.15, -0.1) is 17.0 Å². The van der Waals surface area contributed by atoms with Crippen LogP contribution in [0, 0.1) is 0 Å². The number of aromatic hydroxyl groups is 2. The maximum absolute atomic E-state index is 9.78. The second-order valence-electron chi connectivity index (χ2n) is 3.89. The van der Waals surface area contributed by atoms with Crippen LogP contribution < -0.4 is 5.32 Å². The van der Waals surface area contributed by atoms with Crippen LogP contribution in [0.3, 0.4) is 0 Å². The smallest absolute Gasteiger partial charge is 0.133 e. The first-order valence-corrected chi connectivity index (χ1v) is 6.44. The van der Waals surface area contributed by atoms with E-state index in [2.05, 4.69) is 11.4 Å². The molecule has 0 fully saturated rings. The predicted molar refractivity (Wildman–Crippen MR) is 83.4 cm³/mol. The minimum atomic E-state index is 0. The number of halogens is 1. The zero-order valence-corrected chi connectivity index (χ0v) is 13.0. The minimum Gasteiger partial charge on any atom is -0.508 e. The Labute approximate surface area is 127 Å². The normalized spacial score (nSPS) is 9.95. The second-order valence-corrected chi connectivity index (χ2v) is 4.98. The van der Waals surface area contributed by atoms with Crippen molar-refractivity contribution in [2.24, 2.45) is 0 Å². The number of phenols is 2. The molecule has 0 aromatic heterocycles. The highest BCUT2D eigenvalue weighted by Gasteiger charge is 2.07. The zero-order valence-electron chi connectivity index (χ0n) is 10.5. The average molecular weight is 342 g/mol. The fourth-order valence-corrected chi connectivity index (χ4v) is 2.60. The summed E-state index contributed by atoms with van der Waals surface area (Å²) in [5.41, 5.74) is 1.18. The Hall–Kier alpha value is -1.17. The van der Waals surface area contributed by atoms with Crippen LogP contribution in [0.25, 0.3) is 0 Å². The molecule has 0 saturated heterocycles. The van der Waals surface area contributed by atoms with Gasteiger partial charge in [0.25, 0.3) is 0 Å². The number of hydrogen-bond acceptors (Lipinski definition) is 4. The molecule has 19 heavy (non-hydrogen) atoms. The SMILES string of the molecule is Br.CNCc1ccccc1Sc1ccc(O)cc1O. The molecule has 2 aromatic carbocycles. The molecule has 102 valence electrons. The highest BCUT2D eigenvalue weighted by Crippen LogP contribution is 2.37. The van der Waals surface area contributed by atoms with Crippen LogP contribution in [-0.4, -0.2) is 17.3 Å². The topological polar surface area (TPSA) is 52.5 Å². The van der Waals surface area contributed by atoms with Gasteiger partial charge in [0.1, 0.15) is 11.5 Å². The van der Waals surface area contributed by atoms with Crippen molar-refractivity contribution in [3.05, 3.63) is 48.0 Å². The first-order valence-electron chi connectivity index (χ1n) is 5.63. The van der Waals surface area contributed by atoms with Crippen molar-refractivity contribution >= 4 is 28.7 Å². The fraction of sp³-hybridized carbons (Fsp3) is 0.143. The lowest BCUT2D eigenvalue weighted by atomic mass is 10.2. The zero-order chi connectivity index (χ0) is 13.0. The number of benzene rings is 2. The molecule has 3 N–H and O–H groups in total. The maximum Gasteiger partial charge on any atom is 0.133 e. The number of nitrogens with one attached hydrogen (secondary N) is 1. The molecule has 0 aliphatic carbocycles. The summed E-state index contributed by atoms with van der Waals surface area (Å²) in [6, 6.07) is 12.7. The number of phenolic OH excluding ortho intramolecular Hbond substituents is 2. The lowest BCUT2D eigenvalue weighted by molar-refractivity contribution is 0.442. The predicted octanol–water partition coefficient (Wildman–Crippen LogP) is 3.55. The van der Waals surface area contributed by atoms with E-state index in [1.54, 1.807) is 12.1 Å². The fourth-order valence-electron chi connectivity index (χ4n) is 1.65. The molecular weight excluding hydrogens is 326 g/mol. The van der Waals surface area contributed by atoms with Crippen LogP contribution in [-0.2, 0) is 6.54 Å². The van der Waals surface area contributed by atoms with Crippen molar-refractivity contribution in [1.82, 2.24) is 5.32 Å². The largest absolute Gasteiger partial charge is 0.508 e. The van der Waals surface area contributed by atoms with Crippen LogP contribution in [0.1, 0.15) is 5.56 Å². The first kappa shape index (κ1) is 15.9. The Morgan fingerprint density at radius 1 is 1.05 bits per heavy atom. The van der Waals surface area contributed by atoms with E-state index >= 15 is 0 Å². The lowest BCUT2D eigenvalue weighted by Gasteiger charge is -2.09. The lowest BCUT2D eigenvalue weighted by Crippen LogP contribution is -2.05. The van der Waals surface area contributed by atoms with Crippen molar-refractivity contribution in [2.45, 2.75) is 16.3 Å². The first-order chi connectivity index (χ1) is 8.70. The molecule has 0 unspecified atom stereocenters. The molecular formula is C14H16BrNO2S. The highest BCUT2D eigenvalue weighted by atomic mass is 79.9. The molecule has 2 rings (SSSR count). The van der Waals surface area contributed by atoms with E-state index in [9.17, 15) is 10.2 Å². The average Bonchev–Trinajstić information content (AvgIpc) is 2.35. The summed E-state index contributed by atoms with van der Waals surface area (Å²) in [5.74, 6) is 0.166. The molecule has 3 nitrogen and oxygen atoms in total. The van der Waals surface area contributed by atoms with Gasteiger partial charge in [-0.25, -0.2) is 0 Å². The van der Waals surface area contributed by atoms with E-state index in [4.69, 9.17) is 0 Å². The second kappa shape index (κ2) is 7.43. The Kier molecular flexibility index (Phi) is 6.21. The van der Waals surface area contributed by atoms with E-state index in [1.807, 2.05) is 25.2 Å². The van der Waals surface area contributed by atoms with E-state index in [-0.39, 0.29) is 28.5 Å². The van der Waals surface area contributed by atoms with Gasteiger partial charge in [-0.2, -0.15) is 0 Å². The molecule has 0 heterocycles. The minimum absolute atomic E-state index is 0. The van der Waals surface area contributed by atoms with Gasteiger partial charge in [0.05, 0.1) is 4.90 Å². The van der Waals surface area contributed by atoms with E-state index in [0.717, 1.165) is 16.3 Å². The van der Waals surface area contributed by atoms with Crippen molar-refractivity contribution in [3.63, 3.8) is 0 Å². The van der Waals surface area contributed by atoms with Crippen molar-refractivity contribution in [3.8, 4) is 11.5 Å². The van der Waals surface area contributed by atoms with Gasteiger partial charge in [-0.3, -0.25) is 0 Å². The summed E-state index contributed by atoms with van der Waals surface area (Å²) in [5, 5.41) is 22.2. The molecule has 0 aliphatic heterocycles. The third kappa shape index (κ3) is 4.16. The molecule has 0 atom stereocenters. The Morgan fingerprint density at radius 2 is 1.79 bits per heavy atom. The van der Waals surface area contributed by atoms with Crippen LogP contribution >= 0.6 is 28.7 Å². The van der Waals surface area contributed by atoms with Gasteiger partial charge in [-0.05, 0) is 30.8 Å². The van der Waals surface area contributed by atoms with Gasteiger partial charge < -0.3 is 15.5 Å². The summed E-state index contributed by atoms with van der Waals surface area (Å²) >= 11 is 1.49. The van der Waals surface area contributed by atoms with Gasteiger partial charge in [0, 0.05) is 17.5 Å². The van der Waals surface area contributed by atoms with Gasteiger partial charge in [0.15, 0.2) is 0 Å². The molecule has 0 amide bonds. The summed E-state index contributed by atoms with van der Waals surface area (Å²) < 4.78 is 0. The van der Waals surface area contributed by atoms with Crippen molar-refractivity contribution in [2.75, 3.05) is 7.05 Å². The maximum atomic E-state index is 9.78. The third-order valence-electron chi connectivity index (χ3n) is 2.50. The standard InChI is InChI=1S/C14H15NO2S.BrH/c1-15-9-10-4-2-3-5-13(10)18-14-7-6-11(16)8-12(14)17;/h2-8,15-17H,9H2,1H3;1H. The van der Waals surface area contributed by atoms with Crippen LogP contribution in [0.2, 0.25) is 0 Å².